The van der Waals surface area contributed by atoms with Gasteiger partial charge in [0.1, 0.15) is 0 Å². The zero-order valence-corrected chi connectivity index (χ0v) is 10.2. The van der Waals surface area contributed by atoms with Gasteiger partial charge in [0, 0.05) is 0 Å². The standard InChI is InChI=1S/C14H17FO2/c1-3-16-14-7-5-11(8-12(14)15)13-6-4-10(2)9-17-13/h4-5,7-8,13H,3,6,9H2,1-2H3. The molecule has 0 fully saturated rings. The van der Waals surface area contributed by atoms with E-state index >= 15 is 0 Å². The maximum absolute atomic E-state index is 13.7. The first-order valence-corrected chi connectivity index (χ1v) is 5.90. The maximum atomic E-state index is 13.7. The average molecular weight is 236 g/mol. The Kier molecular flexibility index (Phi) is 3.79. The first-order valence-electron chi connectivity index (χ1n) is 5.90. The summed E-state index contributed by atoms with van der Waals surface area (Å²) in [6.07, 6.45) is 2.91. The number of rotatable bonds is 3. The molecular formula is C14H17FO2. The molecule has 0 bridgehead atoms. The van der Waals surface area contributed by atoms with E-state index in [2.05, 4.69) is 6.08 Å². The Hall–Kier alpha value is -1.35. The topological polar surface area (TPSA) is 18.5 Å². The second-order valence-electron chi connectivity index (χ2n) is 4.21. The van der Waals surface area contributed by atoms with E-state index in [1.807, 2.05) is 19.9 Å². The van der Waals surface area contributed by atoms with E-state index in [1.54, 1.807) is 6.07 Å². The fourth-order valence-corrected chi connectivity index (χ4v) is 1.89. The van der Waals surface area contributed by atoms with Crippen molar-refractivity contribution in [1.82, 2.24) is 0 Å². The predicted molar refractivity (Wildman–Crippen MR) is 64.6 cm³/mol. The molecule has 0 N–H and O–H groups in total. The van der Waals surface area contributed by atoms with E-state index in [0.717, 1.165) is 12.0 Å². The fourth-order valence-electron chi connectivity index (χ4n) is 1.89. The van der Waals surface area contributed by atoms with E-state index in [4.69, 9.17) is 9.47 Å². The van der Waals surface area contributed by atoms with Crippen LogP contribution in [0.2, 0.25) is 0 Å². The van der Waals surface area contributed by atoms with Crippen LogP contribution in [0.3, 0.4) is 0 Å². The van der Waals surface area contributed by atoms with E-state index in [0.29, 0.717) is 19.0 Å². The van der Waals surface area contributed by atoms with Gasteiger partial charge < -0.3 is 9.47 Å². The monoisotopic (exact) mass is 236 g/mol. The highest BCUT2D eigenvalue weighted by Gasteiger charge is 2.16. The number of hydrogen-bond acceptors (Lipinski definition) is 2. The smallest absolute Gasteiger partial charge is 0.165 e. The largest absolute Gasteiger partial charge is 0.491 e. The Morgan fingerprint density at radius 3 is 2.88 bits per heavy atom. The first-order chi connectivity index (χ1) is 8.20. The van der Waals surface area contributed by atoms with Crippen LogP contribution in [0.4, 0.5) is 4.39 Å². The Morgan fingerprint density at radius 2 is 2.29 bits per heavy atom. The summed E-state index contributed by atoms with van der Waals surface area (Å²) in [7, 11) is 0. The summed E-state index contributed by atoms with van der Waals surface area (Å²) in [6.45, 7) is 4.97. The van der Waals surface area contributed by atoms with Crippen molar-refractivity contribution in [3.63, 3.8) is 0 Å². The van der Waals surface area contributed by atoms with Crippen molar-refractivity contribution in [2.45, 2.75) is 26.4 Å². The van der Waals surface area contributed by atoms with Crippen LogP contribution in [-0.4, -0.2) is 13.2 Å². The zero-order valence-electron chi connectivity index (χ0n) is 10.2. The minimum Gasteiger partial charge on any atom is -0.491 e. The Balaban J connectivity index is 2.15. The molecule has 0 radical (unpaired) electrons. The van der Waals surface area contributed by atoms with Gasteiger partial charge in [-0.25, -0.2) is 4.39 Å². The molecule has 0 aromatic heterocycles. The Bertz CT molecular complexity index is 426. The lowest BCUT2D eigenvalue weighted by molar-refractivity contribution is 0.0614. The number of halogens is 1. The lowest BCUT2D eigenvalue weighted by Gasteiger charge is -2.22. The molecule has 1 aliphatic heterocycles. The van der Waals surface area contributed by atoms with E-state index in [9.17, 15) is 4.39 Å². The van der Waals surface area contributed by atoms with Crippen molar-refractivity contribution >= 4 is 0 Å². The molecule has 1 heterocycles. The average Bonchev–Trinajstić information content (AvgIpc) is 2.33. The number of benzene rings is 1. The summed E-state index contributed by atoms with van der Waals surface area (Å²) in [6, 6.07) is 5.04. The van der Waals surface area contributed by atoms with Crippen LogP contribution in [-0.2, 0) is 4.74 Å². The molecule has 1 aromatic carbocycles. The Labute approximate surface area is 101 Å². The van der Waals surface area contributed by atoms with Crippen molar-refractivity contribution in [2.24, 2.45) is 0 Å². The highest BCUT2D eigenvalue weighted by atomic mass is 19.1. The van der Waals surface area contributed by atoms with E-state index in [-0.39, 0.29) is 11.9 Å². The highest BCUT2D eigenvalue weighted by Crippen LogP contribution is 2.29. The zero-order chi connectivity index (χ0) is 12.3. The second-order valence-corrected chi connectivity index (χ2v) is 4.21. The molecule has 2 rings (SSSR count). The molecule has 3 heteroatoms. The van der Waals surface area contributed by atoms with Crippen molar-refractivity contribution in [2.75, 3.05) is 13.2 Å². The molecule has 1 aromatic rings. The van der Waals surface area contributed by atoms with Gasteiger partial charge in [0.2, 0.25) is 0 Å². The van der Waals surface area contributed by atoms with Gasteiger partial charge in [-0.15, -0.1) is 0 Å². The lowest BCUT2D eigenvalue weighted by Crippen LogP contribution is -2.11. The van der Waals surface area contributed by atoms with Gasteiger partial charge in [-0.1, -0.05) is 17.7 Å². The molecule has 0 saturated carbocycles. The molecule has 0 amide bonds. The van der Waals surface area contributed by atoms with E-state index in [1.165, 1.54) is 11.6 Å². The predicted octanol–water partition coefficient (Wildman–Crippen LogP) is 3.63. The van der Waals surface area contributed by atoms with Gasteiger partial charge in [-0.2, -0.15) is 0 Å². The van der Waals surface area contributed by atoms with Gasteiger partial charge in [-0.3, -0.25) is 0 Å². The summed E-state index contributed by atoms with van der Waals surface area (Å²) >= 11 is 0. The van der Waals surface area contributed by atoms with Crippen LogP contribution >= 0.6 is 0 Å². The maximum Gasteiger partial charge on any atom is 0.165 e. The third-order valence-corrected chi connectivity index (χ3v) is 2.82. The molecule has 17 heavy (non-hydrogen) atoms. The van der Waals surface area contributed by atoms with Gasteiger partial charge in [0.05, 0.1) is 19.3 Å². The Morgan fingerprint density at radius 1 is 1.47 bits per heavy atom. The summed E-state index contributed by atoms with van der Waals surface area (Å²) < 4.78 is 24.5. The minimum atomic E-state index is -0.320. The van der Waals surface area contributed by atoms with Crippen LogP contribution in [0.25, 0.3) is 0 Å². The van der Waals surface area contributed by atoms with Crippen molar-refractivity contribution < 1.29 is 13.9 Å². The summed E-state index contributed by atoms with van der Waals surface area (Å²) in [5.41, 5.74) is 2.10. The van der Waals surface area contributed by atoms with Crippen LogP contribution < -0.4 is 4.74 Å². The third-order valence-electron chi connectivity index (χ3n) is 2.82. The fraction of sp³-hybridized carbons (Fsp3) is 0.429. The SMILES string of the molecule is CCOc1ccc(C2CC=C(C)CO2)cc1F. The molecule has 0 aliphatic carbocycles. The number of hydrogen-bond donors (Lipinski definition) is 0. The number of ether oxygens (including phenoxy) is 2. The van der Waals surface area contributed by atoms with Gasteiger partial charge in [0.15, 0.2) is 11.6 Å². The van der Waals surface area contributed by atoms with Gasteiger partial charge in [-0.05, 0) is 38.0 Å². The molecule has 0 saturated heterocycles. The van der Waals surface area contributed by atoms with Crippen LogP contribution in [0, 0.1) is 5.82 Å². The molecule has 1 atom stereocenters. The molecule has 92 valence electrons. The van der Waals surface area contributed by atoms with Crippen molar-refractivity contribution in [3.05, 3.63) is 41.2 Å². The second kappa shape index (κ2) is 5.32. The summed E-state index contributed by atoms with van der Waals surface area (Å²) in [4.78, 5) is 0. The summed E-state index contributed by atoms with van der Waals surface area (Å²) in [5.74, 6) is -0.0157. The lowest BCUT2D eigenvalue weighted by atomic mass is 10.0. The van der Waals surface area contributed by atoms with E-state index < -0.39 is 0 Å². The normalized spacial score (nSPS) is 19.9. The quantitative estimate of drug-likeness (QED) is 0.746. The van der Waals surface area contributed by atoms with Gasteiger partial charge >= 0.3 is 0 Å². The first kappa shape index (κ1) is 12.1. The third kappa shape index (κ3) is 2.86. The molecule has 1 unspecified atom stereocenters. The van der Waals surface area contributed by atoms with Crippen molar-refractivity contribution in [3.8, 4) is 5.75 Å². The van der Waals surface area contributed by atoms with Gasteiger partial charge in [0.25, 0.3) is 0 Å². The molecule has 0 spiro atoms. The molecular weight excluding hydrogens is 219 g/mol. The van der Waals surface area contributed by atoms with Crippen molar-refractivity contribution in [1.29, 1.82) is 0 Å². The molecule has 2 nitrogen and oxygen atoms in total. The summed E-state index contributed by atoms with van der Waals surface area (Å²) in [5, 5.41) is 0. The molecule has 1 aliphatic rings. The van der Waals surface area contributed by atoms with Crippen LogP contribution in [0.15, 0.2) is 29.8 Å². The minimum absolute atomic E-state index is 0.0381. The van der Waals surface area contributed by atoms with Crippen LogP contribution in [0.5, 0.6) is 5.75 Å². The van der Waals surface area contributed by atoms with Crippen LogP contribution in [0.1, 0.15) is 31.9 Å². The highest BCUT2D eigenvalue weighted by molar-refractivity contribution is 5.31.